The summed E-state index contributed by atoms with van der Waals surface area (Å²) in [7, 11) is 0. The van der Waals surface area contributed by atoms with E-state index in [1.165, 1.54) is 0 Å². The molecule has 0 aliphatic carbocycles. The second kappa shape index (κ2) is 1.82. The predicted octanol–water partition coefficient (Wildman–Crippen LogP) is 1.46. The van der Waals surface area contributed by atoms with E-state index >= 15 is 0 Å². The van der Waals surface area contributed by atoms with Gasteiger partial charge in [0, 0.05) is 5.75 Å². The molecule has 0 nitrogen and oxygen atoms in total. The third kappa shape index (κ3) is 0.869. The van der Waals surface area contributed by atoms with Gasteiger partial charge in [-0.15, -0.1) is 0 Å². The summed E-state index contributed by atoms with van der Waals surface area (Å²) in [6.45, 7) is 0. The highest BCUT2D eigenvalue weighted by atomic mass is 32.2. The zero-order chi connectivity index (χ0) is 4.41. The predicted molar refractivity (Wildman–Crippen MR) is 26.8 cm³/mol. The van der Waals surface area contributed by atoms with Gasteiger partial charge in [0.05, 0.1) is 0 Å². The van der Waals surface area contributed by atoms with E-state index < -0.39 is 6.17 Å². The van der Waals surface area contributed by atoms with Crippen LogP contribution in [0.15, 0.2) is 0 Å². The van der Waals surface area contributed by atoms with Gasteiger partial charge in [0.15, 0.2) is 0 Å². The minimum Gasteiger partial charge on any atom is -0.247 e. The van der Waals surface area contributed by atoms with Crippen LogP contribution in [-0.4, -0.2) is 17.7 Å². The maximum Gasteiger partial charge on any atom is 0.110 e. The molecule has 1 rings (SSSR count). The lowest BCUT2D eigenvalue weighted by molar-refractivity contribution is 0.370. The Bertz CT molecular complexity index is 40.8. The average molecular weight is 106 g/mol. The summed E-state index contributed by atoms with van der Waals surface area (Å²) in [6, 6.07) is 0. The van der Waals surface area contributed by atoms with Crippen molar-refractivity contribution in [1.29, 1.82) is 0 Å². The van der Waals surface area contributed by atoms with Gasteiger partial charge in [0.1, 0.15) is 6.17 Å². The quantitative estimate of drug-likeness (QED) is 0.450. The Morgan fingerprint density at radius 3 is 2.67 bits per heavy atom. The number of halogens is 1. The monoisotopic (exact) mass is 106 g/mol. The lowest BCUT2D eigenvalue weighted by atomic mass is 10.4. The van der Waals surface area contributed by atoms with E-state index in [1.807, 2.05) is 0 Å². The molecule has 36 valence electrons. The first-order chi connectivity index (χ1) is 2.89. The Hall–Kier alpha value is 0.280. The Kier molecular flexibility index (Phi) is 1.35. The maximum absolute atomic E-state index is 11.9. The molecule has 0 amide bonds. The van der Waals surface area contributed by atoms with Crippen molar-refractivity contribution in [2.24, 2.45) is 0 Å². The van der Waals surface area contributed by atoms with Crippen LogP contribution in [0.4, 0.5) is 4.39 Å². The molecule has 1 fully saturated rings. The highest BCUT2D eigenvalue weighted by Gasteiger charge is 2.11. The number of hydrogen-bond acceptors (Lipinski definition) is 1. The molecule has 0 radical (unpaired) electrons. The van der Waals surface area contributed by atoms with Crippen molar-refractivity contribution in [1.82, 2.24) is 0 Å². The molecule has 0 aromatic rings. The average Bonchev–Trinajstić information content (AvgIpc) is 1.86. The number of alkyl halides is 1. The third-order valence-corrected chi connectivity index (χ3v) is 2.00. The number of hydrogen-bond donors (Lipinski definition) is 0. The van der Waals surface area contributed by atoms with Crippen LogP contribution in [0, 0.1) is 0 Å². The lowest BCUT2D eigenvalue weighted by Crippen LogP contribution is -1.92. The molecular weight excluding hydrogens is 99.1 g/mol. The van der Waals surface area contributed by atoms with Crippen molar-refractivity contribution in [2.75, 3.05) is 11.5 Å². The van der Waals surface area contributed by atoms with Crippen molar-refractivity contribution in [2.45, 2.75) is 12.6 Å². The van der Waals surface area contributed by atoms with Crippen LogP contribution >= 0.6 is 11.8 Å². The van der Waals surface area contributed by atoms with Crippen LogP contribution in [0.3, 0.4) is 0 Å². The van der Waals surface area contributed by atoms with Crippen molar-refractivity contribution in [3.8, 4) is 0 Å². The van der Waals surface area contributed by atoms with Crippen molar-refractivity contribution in [3.05, 3.63) is 0 Å². The third-order valence-electron chi connectivity index (χ3n) is 0.874. The molecular formula is C4H7FS. The van der Waals surface area contributed by atoms with E-state index in [4.69, 9.17) is 0 Å². The van der Waals surface area contributed by atoms with Gasteiger partial charge in [-0.05, 0) is 12.2 Å². The minimum atomic E-state index is -0.491. The second-order valence-corrected chi connectivity index (χ2v) is 2.61. The van der Waals surface area contributed by atoms with E-state index in [2.05, 4.69) is 0 Å². The van der Waals surface area contributed by atoms with E-state index in [9.17, 15) is 4.39 Å². The molecule has 1 unspecified atom stereocenters. The molecule has 0 bridgehead atoms. The molecule has 1 aliphatic rings. The fourth-order valence-corrected chi connectivity index (χ4v) is 1.52. The first-order valence-electron chi connectivity index (χ1n) is 2.11. The lowest BCUT2D eigenvalue weighted by Gasteiger charge is -1.85. The fourth-order valence-electron chi connectivity index (χ4n) is 0.506. The van der Waals surface area contributed by atoms with Gasteiger partial charge < -0.3 is 0 Å². The van der Waals surface area contributed by atoms with Gasteiger partial charge in [-0.25, -0.2) is 4.39 Å². The summed E-state index contributed by atoms with van der Waals surface area (Å²) < 4.78 is 11.9. The van der Waals surface area contributed by atoms with E-state index in [1.54, 1.807) is 11.8 Å². The molecule has 1 heterocycles. The van der Waals surface area contributed by atoms with Crippen LogP contribution in [0.2, 0.25) is 0 Å². The van der Waals surface area contributed by atoms with Gasteiger partial charge >= 0.3 is 0 Å². The Labute approximate surface area is 41.1 Å². The molecule has 1 aliphatic heterocycles. The Balaban J connectivity index is 2.18. The standard InChI is InChI=1S/C4H7FS/c5-4-1-2-6-3-4/h4H,1-3H2. The van der Waals surface area contributed by atoms with Crippen LogP contribution in [0.5, 0.6) is 0 Å². The van der Waals surface area contributed by atoms with Gasteiger partial charge in [-0.1, -0.05) is 0 Å². The highest BCUT2D eigenvalue weighted by molar-refractivity contribution is 7.99. The molecule has 0 spiro atoms. The van der Waals surface area contributed by atoms with Crippen LogP contribution in [0.1, 0.15) is 6.42 Å². The second-order valence-electron chi connectivity index (χ2n) is 1.46. The van der Waals surface area contributed by atoms with Crippen LogP contribution in [0.25, 0.3) is 0 Å². The zero-order valence-corrected chi connectivity index (χ0v) is 4.30. The van der Waals surface area contributed by atoms with Gasteiger partial charge in [0.2, 0.25) is 0 Å². The highest BCUT2D eigenvalue weighted by Crippen LogP contribution is 2.18. The molecule has 0 saturated carbocycles. The number of thioether (sulfide) groups is 1. The van der Waals surface area contributed by atoms with Crippen molar-refractivity contribution in [3.63, 3.8) is 0 Å². The Morgan fingerprint density at radius 1 is 1.67 bits per heavy atom. The minimum absolute atomic E-state index is 0.491. The van der Waals surface area contributed by atoms with Crippen molar-refractivity contribution < 1.29 is 4.39 Å². The summed E-state index contributed by atoms with van der Waals surface area (Å²) in [4.78, 5) is 0. The zero-order valence-electron chi connectivity index (χ0n) is 3.48. The summed E-state index contributed by atoms with van der Waals surface area (Å²) >= 11 is 1.71. The smallest absolute Gasteiger partial charge is 0.110 e. The molecule has 0 aromatic carbocycles. The summed E-state index contributed by atoms with van der Waals surface area (Å²) in [5.74, 6) is 1.77. The van der Waals surface area contributed by atoms with E-state index in [-0.39, 0.29) is 0 Å². The number of rotatable bonds is 0. The topological polar surface area (TPSA) is 0 Å². The molecule has 6 heavy (non-hydrogen) atoms. The molecule has 1 atom stereocenters. The molecule has 2 heteroatoms. The van der Waals surface area contributed by atoms with E-state index in [0.717, 1.165) is 17.9 Å². The SMILES string of the molecule is FC1CCSC1. The van der Waals surface area contributed by atoms with Crippen molar-refractivity contribution >= 4 is 11.8 Å². The van der Waals surface area contributed by atoms with E-state index in [0.29, 0.717) is 0 Å². The summed E-state index contributed by atoms with van der Waals surface area (Å²) in [6.07, 6.45) is 0.292. The van der Waals surface area contributed by atoms with Gasteiger partial charge in [-0.2, -0.15) is 11.8 Å². The maximum atomic E-state index is 11.9. The van der Waals surface area contributed by atoms with Gasteiger partial charge in [0.25, 0.3) is 0 Å². The molecule has 1 saturated heterocycles. The first kappa shape index (κ1) is 4.44. The van der Waals surface area contributed by atoms with Crippen LogP contribution in [-0.2, 0) is 0 Å². The normalized spacial score (nSPS) is 34.5. The van der Waals surface area contributed by atoms with Crippen LogP contribution < -0.4 is 0 Å². The summed E-state index contributed by atoms with van der Waals surface area (Å²) in [5, 5.41) is 0. The molecule has 0 aromatic heterocycles. The largest absolute Gasteiger partial charge is 0.247 e. The Morgan fingerprint density at radius 2 is 2.50 bits per heavy atom. The first-order valence-corrected chi connectivity index (χ1v) is 3.27. The fraction of sp³-hybridized carbons (Fsp3) is 1.00. The summed E-state index contributed by atoms with van der Waals surface area (Å²) in [5.41, 5.74) is 0. The molecule has 0 N–H and O–H groups in total. The van der Waals surface area contributed by atoms with Gasteiger partial charge in [-0.3, -0.25) is 0 Å².